The second-order valence-corrected chi connectivity index (χ2v) is 5.65. The SMILES string of the molecule is CCCC(C)(N)C(=O)N1CC(C(N)=O)CCC1C. The number of hydrogen-bond acceptors (Lipinski definition) is 3. The predicted molar refractivity (Wildman–Crippen MR) is 70.6 cm³/mol. The Labute approximate surface area is 109 Å². The van der Waals surface area contributed by atoms with Gasteiger partial charge in [-0.3, -0.25) is 9.59 Å². The van der Waals surface area contributed by atoms with E-state index in [9.17, 15) is 9.59 Å². The molecule has 104 valence electrons. The van der Waals surface area contributed by atoms with Gasteiger partial charge in [-0.25, -0.2) is 0 Å². The molecule has 0 aliphatic carbocycles. The molecular weight excluding hydrogens is 230 g/mol. The van der Waals surface area contributed by atoms with Gasteiger partial charge in [0, 0.05) is 12.6 Å². The zero-order valence-electron chi connectivity index (χ0n) is 11.6. The Morgan fingerprint density at radius 3 is 2.50 bits per heavy atom. The van der Waals surface area contributed by atoms with Crippen molar-refractivity contribution in [2.75, 3.05) is 6.54 Å². The summed E-state index contributed by atoms with van der Waals surface area (Å²) in [6, 6.07) is 0.132. The molecule has 0 spiro atoms. The number of carbonyl (C=O) groups is 2. The molecule has 0 radical (unpaired) electrons. The minimum Gasteiger partial charge on any atom is -0.369 e. The van der Waals surface area contributed by atoms with Crippen LogP contribution in [0.2, 0.25) is 0 Å². The van der Waals surface area contributed by atoms with Gasteiger partial charge in [0.05, 0.1) is 11.5 Å². The first-order chi connectivity index (χ1) is 8.29. The van der Waals surface area contributed by atoms with E-state index < -0.39 is 5.54 Å². The largest absolute Gasteiger partial charge is 0.369 e. The molecule has 1 rings (SSSR count). The summed E-state index contributed by atoms with van der Waals surface area (Å²) < 4.78 is 0. The van der Waals surface area contributed by atoms with Gasteiger partial charge in [-0.2, -0.15) is 0 Å². The van der Waals surface area contributed by atoms with E-state index in [4.69, 9.17) is 11.5 Å². The highest BCUT2D eigenvalue weighted by Crippen LogP contribution is 2.25. The second-order valence-electron chi connectivity index (χ2n) is 5.65. The first-order valence-electron chi connectivity index (χ1n) is 6.69. The van der Waals surface area contributed by atoms with Crippen LogP contribution in [-0.4, -0.2) is 34.8 Å². The zero-order chi connectivity index (χ0) is 13.9. The zero-order valence-corrected chi connectivity index (χ0v) is 11.6. The number of nitrogens with zero attached hydrogens (tertiary/aromatic N) is 1. The van der Waals surface area contributed by atoms with Crippen molar-refractivity contribution < 1.29 is 9.59 Å². The molecule has 1 aliphatic rings. The van der Waals surface area contributed by atoms with Crippen molar-refractivity contribution in [1.82, 2.24) is 4.90 Å². The smallest absolute Gasteiger partial charge is 0.242 e. The molecule has 2 amide bonds. The third-order valence-corrected chi connectivity index (χ3v) is 3.80. The maximum Gasteiger partial charge on any atom is 0.242 e. The molecule has 18 heavy (non-hydrogen) atoms. The highest BCUT2D eigenvalue weighted by molar-refractivity contribution is 5.87. The number of piperidine rings is 1. The standard InChI is InChI=1S/C13H25N3O2/c1-4-7-13(3,15)12(18)16-8-10(11(14)17)6-5-9(16)2/h9-10H,4-8,15H2,1-3H3,(H2,14,17). The van der Waals surface area contributed by atoms with Crippen LogP contribution in [0, 0.1) is 5.92 Å². The van der Waals surface area contributed by atoms with Crippen molar-refractivity contribution in [3.05, 3.63) is 0 Å². The van der Waals surface area contributed by atoms with Crippen LogP contribution in [0.4, 0.5) is 0 Å². The monoisotopic (exact) mass is 255 g/mol. The van der Waals surface area contributed by atoms with Crippen molar-refractivity contribution in [1.29, 1.82) is 0 Å². The van der Waals surface area contributed by atoms with Crippen LogP contribution in [0.15, 0.2) is 0 Å². The molecule has 3 unspecified atom stereocenters. The van der Waals surface area contributed by atoms with Gasteiger partial charge in [0.25, 0.3) is 0 Å². The molecule has 5 nitrogen and oxygen atoms in total. The summed E-state index contributed by atoms with van der Waals surface area (Å²) in [6.45, 7) is 6.17. The summed E-state index contributed by atoms with van der Waals surface area (Å²) in [5.41, 5.74) is 10.6. The molecule has 1 fully saturated rings. The number of rotatable bonds is 4. The van der Waals surface area contributed by atoms with E-state index in [0.29, 0.717) is 13.0 Å². The van der Waals surface area contributed by atoms with E-state index in [0.717, 1.165) is 19.3 Å². The molecule has 0 aromatic carbocycles. The van der Waals surface area contributed by atoms with Crippen LogP contribution in [0.5, 0.6) is 0 Å². The highest BCUT2D eigenvalue weighted by atomic mass is 16.2. The first-order valence-corrected chi connectivity index (χ1v) is 6.69. The van der Waals surface area contributed by atoms with Gasteiger partial charge in [0.2, 0.25) is 11.8 Å². The third-order valence-electron chi connectivity index (χ3n) is 3.80. The van der Waals surface area contributed by atoms with E-state index in [2.05, 4.69) is 0 Å². The highest BCUT2D eigenvalue weighted by Gasteiger charge is 2.38. The maximum atomic E-state index is 12.4. The lowest BCUT2D eigenvalue weighted by Crippen LogP contribution is -2.58. The minimum absolute atomic E-state index is 0.0669. The molecule has 1 saturated heterocycles. The Kier molecular flexibility index (Phi) is 4.73. The topological polar surface area (TPSA) is 89.4 Å². The summed E-state index contributed by atoms with van der Waals surface area (Å²) in [4.78, 5) is 25.4. The lowest BCUT2D eigenvalue weighted by molar-refractivity contribution is -0.142. The molecule has 4 N–H and O–H groups in total. The summed E-state index contributed by atoms with van der Waals surface area (Å²) in [7, 11) is 0. The van der Waals surface area contributed by atoms with Gasteiger partial charge in [-0.1, -0.05) is 13.3 Å². The van der Waals surface area contributed by atoms with Crippen LogP contribution in [0.1, 0.15) is 46.5 Å². The molecule has 0 saturated carbocycles. The van der Waals surface area contributed by atoms with Crippen LogP contribution in [-0.2, 0) is 9.59 Å². The number of amides is 2. The van der Waals surface area contributed by atoms with Gasteiger partial charge in [-0.05, 0) is 33.1 Å². The Bertz CT molecular complexity index is 328. The summed E-state index contributed by atoms with van der Waals surface area (Å²) in [5, 5.41) is 0. The Morgan fingerprint density at radius 2 is 2.00 bits per heavy atom. The molecule has 3 atom stereocenters. The van der Waals surface area contributed by atoms with E-state index in [1.807, 2.05) is 13.8 Å². The lowest BCUT2D eigenvalue weighted by Gasteiger charge is -2.41. The van der Waals surface area contributed by atoms with Crippen molar-refractivity contribution in [3.8, 4) is 0 Å². The van der Waals surface area contributed by atoms with Gasteiger partial charge in [-0.15, -0.1) is 0 Å². The third kappa shape index (κ3) is 3.22. The van der Waals surface area contributed by atoms with Crippen LogP contribution < -0.4 is 11.5 Å². The number of likely N-dealkylation sites (tertiary alicyclic amines) is 1. The quantitative estimate of drug-likeness (QED) is 0.771. The van der Waals surface area contributed by atoms with Crippen molar-refractivity contribution >= 4 is 11.8 Å². The van der Waals surface area contributed by atoms with Gasteiger partial charge in [0.1, 0.15) is 0 Å². The molecule has 5 heteroatoms. The number of nitrogens with two attached hydrogens (primary N) is 2. The second kappa shape index (κ2) is 5.69. The molecule has 0 bridgehead atoms. The summed E-state index contributed by atoms with van der Waals surface area (Å²) in [5.74, 6) is -0.626. The molecular formula is C13H25N3O2. The number of carbonyl (C=O) groups excluding carboxylic acids is 2. The average molecular weight is 255 g/mol. The molecule has 1 heterocycles. The van der Waals surface area contributed by atoms with Crippen LogP contribution in [0.25, 0.3) is 0 Å². The fourth-order valence-electron chi connectivity index (χ4n) is 2.58. The van der Waals surface area contributed by atoms with Crippen molar-refractivity contribution in [3.63, 3.8) is 0 Å². The number of primary amides is 1. The number of hydrogen-bond donors (Lipinski definition) is 2. The average Bonchev–Trinajstić information content (AvgIpc) is 2.28. The van der Waals surface area contributed by atoms with E-state index in [1.165, 1.54) is 0 Å². The van der Waals surface area contributed by atoms with Gasteiger partial charge >= 0.3 is 0 Å². The van der Waals surface area contributed by atoms with Crippen LogP contribution >= 0.6 is 0 Å². The Balaban J connectivity index is 2.79. The predicted octanol–water partition coefficient (Wildman–Crippen LogP) is 0.616. The fraction of sp³-hybridized carbons (Fsp3) is 0.846. The fourth-order valence-corrected chi connectivity index (χ4v) is 2.58. The molecule has 0 aromatic rings. The van der Waals surface area contributed by atoms with Crippen molar-refractivity contribution in [2.45, 2.75) is 58.0 Å². The van der Waals surface area contributed by atoms with Gasteiger partial charge < -0.3 is 16.4 Å². The lowest BCUT2D eigenvalue weighted by atomic mass is 9.89. The first kappa shape index (κ1) is 15.0. The summed E-state index contributed by atoms with van der Waals surface area (Å²) >= 11 is 0. The van der Waals surface area contributed by atoms with Crippen molar-refractivity contribution in [2.24, 2.45) is 17.4 Å². The van der Waals surface area contributed by atoms with E-state index >= 15 is 0 Å². The maximum absolute atomic E-state index is 12.4. The van der Waals surface area contributed by atoms with Crippen LogP contribution in [0.3, 0.4) is 0 Å². The minimum atomic E-state index is -0.845. The van der Waals surface area contributed by atoms with E-state index in [-0.39, 0.29) is 23.8 Å². The van der Waals surface area contributed by atoms with E-state index in [1.54, 1.807) is 11.8 Å². The Morgan fingerprint density at radius 1 is 1.39 bits per heavy atom. The molecule has 1 aliphatic heterocycles. The normalized spacial score (nSPS) is 27.7. The molecule has 0 aromatic heterocycles. The summed E-state index contributed by atoms with van der Waals surface area (Å²) in [6.07, 6.45) is 3.08. The van der Waals surface area contributed by atoms with Gasteiger partial charge in [0.15, 0.2) is 0 Å². The Hall–Kier alpha value is -1.10.